The van der Waals surface area contributed by atoms with Crippen LogP contribution in [0.3, 0.4) is 0 Å². The molecule has 0 saturated heterocycles. The van der Waals surface area contributed by atoms with E-state index in [2.05, 4.69) is 5.10 Å². The predicted octanol–water partition coefficient (Wildman–Crippen LogP) is 5.03. The normalized spacial score (nSPS) is 11.1. The summed E-state index contributed by atoms with van der Waals surface area (Å²) in [5.74, 6) is -1.27. The van der Waals surface area contributed by atoms with Gasteiger partial charge in [0.15, 0.2) is 0 Å². The van der Waals surface area contributed by atoms with Crippen LogP contribution in [0.15, 0.2) is 54.6 Å². The number of carbonyl (C=O) groups excluding carboxylic acids is 1. The fourth-order valence-corrected chi connectivity index (χ4v) is 3.81. The summed E-state index contributed by atoms with van der Waals surface area (Å²) in [4.78, 5) is 13.5. The van der Waals surface area contributed by atoms with Gasteiger partial charge in [0.1, 0.15) is 27.9 Å². The van der Waals surface area contributed by atoms with E-state index in [0.717, 1.165) is 15.9 Å². The zero-order valence-corrected chi connectivity index (χ0v) is 15.1. The molecule has 0 aliphatic rings. The third-order valence-corrected chi connectivity index (χ3v) is 5.22. The van der Waals surface area contributed by atoms with Crippen LogP contribution < -0.4 is 0 Å². The first-order valence-electron chi connectivity index (χ1n) is 8.18. The third kappa shape index (κ3) is 3.33. The quantitative estimate of drug-likeness (QED) is 0.464. The zero-order chi connectivity index (χ0) is 19.0. The van der Waals surface area contributed by atoms with Crippen molar-refractivity contribution >= 4 is 27.5 Å². The molecule has 136 valence electrons. The Morgan fingerprint density at radius 1 is 1.15 bits per heavy atom. The number of carbonyl (C=O) groups is 1. The van der Waals surface area contributed by atoms with E-state index in [-0.39, 0.29) is 12.4 Å². The fourth-order valence-electron chi connectivity index (χ4n) is 2.73. The van der Waals surface area contributed by atoms with E-state index in [4.69, 9.17) is 4.74 Å². The molecule has 0 N–H and O–H groups in total. The summed E-state index contributed by atoms with van der Waals surface area (Å²) in [7, 11) is 0. The first-order chi connectivity index (χ1) is 13.0. The van der Waals surface area contributed by atoms with Crippen molar-refractivity contribution in [1.29, 1.82) is 0 Å². The van der Waals surface area contributed by atoms with Crippen LogP contribution in [0.1, 0.15) is 20.9 Å². The van der Waals surface area contributed by atoms with Gasteiger partial charge in [-0.2, -0.15) is 5.10 Å². The molecule has 2 aromatic carbocycles. The van der Waals surface area contributed by atoms with E-state index in [1.807, 2.05) is 6.92 Å². The lowest BCUT2D eigenvalue weighted by molar-refractivity contribution is 0.0475. The molecule has 0 amide bonds. The number of nitrogens with zero attached hydrogens (tertiary/aromatic N) is 2. The molecule has 0 bridgehead atoms. The summed E-state index contributed by atoms with van der Waals surface area (Å²) in [5, 5.41) is 5.28. The van der Waals surface area contributed by atoms with Gasteiger partial charge in [-0.1, -0.05) is 18.2 Å². The van der Waals surface area contributed by atoms with Gasteiger partial charge in [0, 0.05) is 10.9 Å². The number of fused-ring (bicyclic) bond motifs is 1. The van der Waals surface area contributed by atoms with E-state index >= 15 is 0 Å². The molecule has 0 atom stereocenters. The second-order valence-electron chi connectivity index (χ2n) is 5.97. The average molecular weight is 384 g/mol. The smallest absolute Gasteiger partial charge is 0.348 e. The van der Waals surface area contributed by atoms with E-state index in [9.17, 15) is 13.6 Å². The number of benzene rings is 2. The maximum absolute atomic E-state index is 13.7. The standard InChI is InChI=1S/C20H14F2N2O2S/c1-12-16-10-18(20(25)26-11-13-4-2-3-5-17(13)22)27-19(16)24(23-12)15-8-6-14(21)7-9-15/h2-10H,11H2,1H3. The van der Waals surface area contributed by atoms with Crippen molar-refractivity contribution < 1.29 is 18.3 Å². The monoisotopic (exact) mass is 384 g/mol. The molecule has 0 unspecified atom stereocenters. The number of ether oxygens (including phenoxy) is 1. The Balaban J connectivity index is 1.61. The van der Waals surface area contributed by atoms with Crippen molar-refractivity contribution in [3.63, 3.8) is 0 Å². The Morgan fingerprint density at radius 2 is 1.89 bits per heavy atom. The van der Waals surface area contributed by atoms with Gasteiger partial charge in [-0.3, -0.25) is 0 Å². The minimum absolute atomic E-state index is 0.136. The van der Waals surface area contributed by atoms with Crippen molar-refractivity contribution in [1.82, 2.24) is 9.78 Å². The molecule has 4 aromatic rings. The maximum atomic E-state index is 13.7. The summed E-state index contributed by atoms with van der Waals surface area (Å²) >= 11 is 1.23. The molecule has 7 heteroatoms. The predicted molar refractivity (Wildman–Crippen MR) is 99.2 cm³/mol. The van der Waals surface area contributed by atoms with Crippen LogP contribution in [0.25, 0.3) is 15.9 Å². The molecule has 0 aliphatic carbocycles. The van der Waals surface area contributed by atoms with Crippen molar-refractivity contribution in [2.75, 3.05) is 0 Å². The highest BCUT2D eigenvalue weighted by Gasteiger charge is 2.18. The van der Waals surface area contributed by atoms with Gasteiger partial charge in [-0.25, -0.2) is 18.3 Å². The van der Waals surface area contributed by atoms with Crippen LogP contribution in [0.5, 0.6) is 0 Å². The topological polar surface area (TPSA) is 44.1 Å². The molecule has 2 heterocycles. The molecule has 0 fully saturated rings. The minimum atomic E-state index is -0.524. The molecular formula is C20H14F2N2O2S. The van der Waals surface area contributed by atoms with E-state index in [1.165, 1.54) is 29.5 Å². The van der Waals surface area contributed by atoms with Crippen molar-refractivity contribution in [3.8, 4) is 5.69 Å². The average Bonchev–Trinajstić information content (AvgIpc) is 3.22. The summed E-state index contributed by atoms with van der Waals surface area (Å²) in [5.41, 5.74) is 1.77. The van der Waals surface area contributed by atoms with Crippen LogP contribution in [0.2, 0.25) is 0 Å². The Labute approximate surface area is 157 Å². The first kappa shape index (κ1) is 17.4. The highest BCUT2D eigenvalue weighted by Crippen LogP contribution is 2.31. The van der Waals surface area contributed by atoms with Gasteiger partial charge in [0.05, 0.1) is 11.4 Å². The van der Waals surface area contributed by atoms with Crippen LogP contribution >= 0.6 is 11.3 Å². The molecule has 0 saturated carbocycles. The van der Waals surface area contributed by atoms with Crippen molar-refractivity contribution in [3.05, 3.63) is 82.4 Å². The molecule has 2 aromatic heterocycles. The lowest BCUT2D eigenvalue weighted by atomic mass is 10.2. The molecular weight excluding hydrogens is 370 g/mol. The minimum Gasteiger partial charge on any atom is -0.457 e. The second-order valence-corrected chi connectivity index (χ2v) is 7.00. The van der Waals surface area contributed by atoms with E-state index in [1.54, 1.807) is 41.1 Å². The largest absolute Gasteiger partial charge is 0.457 e. The number of aromatic nitrogens is 2. The number of esters is 1. The number of rotatable bonds is 4. The lowest BCUT2D eigenvalue weighted by Crippen LogP contribution is -2.04. The number of hydrogen-bond donors (Lipinski definition) is 0. The van der Waals surface area contributed by atoms with Gasteiger partial charge in [-0.15, -0.1) is 11.3 Å². The van der Waals surface area contributed by atoms with Crippen LogP contribution in [0.4, 0.5) is 8.78 Å². The lowest BCUT2D eigenvalue weighted by Gasteiger charge is -2.04. The van der Waals surface area contributed by atoms with Crippen molar-refractivity contribution in [2.24, 2.45) is 0 Å². The SMILES string of the molecule is Cc1nn(-c2ccc(F)cc2)c2sc(C(=O)OCc3ccccc3F)cc12. The van der Waals surface area contributed by atoms with Crippen LogP contribution in [-0.2, 0) is 11.3 Å². The Bertz CT molecular complexity index is 1130. The second kappa shape index (κ2) is 6.92. The van der Waals surface area contributed by atoms with Gasteiger partial charge >= 0.3 is 5.97 Å². The Kier molecular flexibility index (Phi) is 4.45. The third-order valence-electron chi connectivity index (χ3n) is 4.13. The van der Waals surface area contributed by atoms with Gasteiger partial charge < -0.3 is 4.74 Å². The summed E-state index contributed by atoms with van der Waals surface area (Å²) in [6.07, 6.45) is 0. The Morgan fingerprint density at radius 3 is 2.63 bits per heavy atom. The summed E-state index contributed by atoms with van der Waals surface area (Å²) < 4.78 is 33.7. The first-order valence-corrected chi connectivity index (χ1v) is 9.00. The van der Waals surface area contributed by atoms with E-state index in [0.29, 0.717) is 16.1 Å². The fraction of sp³-hybridized carbons (Fsp3) is 0.100. The summed E-state index contributed by atoms with van der Waals surface area (Å²) in [6, 6.07) is 13.8. The molecule has 4 nitrogen and oxygen atoms in total. The number of halogens is 2. The molecule has 0 aliphatic heterocycles. The molecule has 4 rings (SSSR count). The van der Waals surface area contributed by atoms with Gasteiger partial charge in [-0.05, 0) is 43.3 Å². The maximum Gasteiger partial charge on any atom is 0.348 e. The summed E-state index contributed by atoms with van der Waals surface area (Å²) in [6.45, 7) is 1.70. The highest BCUT2D eigenvalue weighted by atomic mass is 32.1. The number of thiophene rings is 1. The van der Waals surface area contributed by atoms with Crippen LogP contribution in [-0.4, -0.2) is 15.7 Å². The van der Waals surface area contributed by atoms with Crippen molar-refractivity contribution in [2.45, 2.75) is 13.5 Å². The number of aryl methyl sites for hydroxylation is 1. The van der Waals surface area contributed by atoms with Gasteiger partial charge in [0.2, 0.25) is 0 Å². The highest BCUT2D eigenvalue weighted by molar-refractivity contribution is 7.20. The number of hydrogen-bond acceptors (Lipinski definition) is 4. The van der Waals surface area contributed by atoms with E-state index < -0.39 is 11.8 Å². The molecule has 0 radical (unpaired) electrons. The van der Waals surface area contributed by atoms with Gasteiger partial charge in [0.25, 0.3) is 0 Å². The molecule has 0 spiro atoms. The molecule has 27 heavy (non-hydrogen) atoms. The van der Waals surface area contributed by atoms with Crippen LogP contribution in [0, 0.1) is 18.6 Å². The Hall–Kier alpha value is -3.06. The zero-order valence-electron chi connectivity index (χ0n) is 14.3.